The molecule has 0 aliphatic carbocycles. The molecule has 1 aromatic rings. The number of likely N-dealkylation sites (tertiary alicyclic amines) is 1. The Labute approximate surface area is 118 Å². The van der Waals surface area contributed by atoms with Crippen molar-refractivity contribution in [3.8, 4) is 5.75 Å². The van der Waals surface area contributed by atoms with Crippen molar-refractivity contribution in [2.45, 2.75) is 19.4 Å². The molecule has 0 atom stereocenters. The van der Waals surface area contributed by atoms with Gasteiger partial charge < -0.3 is 15.0 Å². The summed E-state index contributed by atoms with van der Waals surface area (Å²) in [5, 5.41) is 0. The molecular weight excluding hydrogens is 262 g/mol. The fourth-order valence-corrected chi connectivity index (χ4v) is 2.35. The molecule has 1 aliphatic heterocycles. The van der Waals surface area contributed by atoms with Gasteiger partial charge in [0.15, 0.2) is 5.75 Å². The van der Waals surface area contributed by atoms with Crippen molar-refractivity contribution >= 4 is 17.2 Å². The van der Waals surface area contributed by atoms with Crippen LogP contribution in [0.2, 0.25) is 0 Å². The predicted octanol–water partition coefficient (Wildman–Crippen LogP) is 0.609. The monoisotopic (exact) mass is 281 g/mol. The van der Waals surface area contributed by atoms with Gasteiger partial charge in [-0.05, 0) is 38.1 Å². The number of nitrogens with two attached hydrogens (primary N) is 1. The molecule has 5 nitrogen and oxygen atoms in total. The van der Waals surface area contributed by atoms with Crippen LogP contribution >= 0.6 is 12.2 Å². The molecule has 2 N–H and O–H groups in total. The first-order valence-corrected chi connectivity index (χ1v) is 6.90. The first kappa shape index (κ1) is 14.0. The van der Waals surface area contributed by atoms with Crippen molar-refractivity contribution in [1.29, 1.82) is 0 Å². The maximum Gasteiger partial charge on any atom is 0.293 e. The topological polar surface area (TPSA) is 60.5 Å². The second-order valence-electron chi connectivity index (χ2n) is 4.67. The second-order valence-corrected chi connectivity index (χ2v) is 5.19. The molecule has 19 heavy (non-hydrogen) atoms. The molecule has 0 aromatic carbocycles. The normalized spacial score (nSPS) is 15.6. The molecule has 0 bridgehead atoms. The van der Waals surface area contributed by atoms with Gasteiger partial charge in [0, 0.05) is 12.7 Å². The molecule has 0 spiro atoms. The molecule has 0 saturated carbocycles. The van der Waals surface area contributed by atoms with Crippen LogP contribution in [0.15, 0.2) is 23.1 Å². The van der Waals surface area contributed by atoms with Crippen LogP contribution in [0.25, 0.3) is 0 Å². The number of rotatable bonds is 6. The minimum Gasteiger partial charge on any atom is -0.487 e. The van der Waals surface area contributed by atoms with Crippen molar-refractivity contribution in [3.63, 3.8) is 0 Å². The smallest absolute Gasteiger partial charge is 0.293 e. The number of nitrogens with zero attached hydrogens (tertiary/aromatic N) is 2. The predicted molar refractivity (Wildman–Crippen MR) is 78.7 cm³/mol. The highest BCUT2D eigenvalue weighted by Gasteiger charge is 2.11. The van der Waals surface area contributed by atoms with Crippen LogP contribution in [0, 0.1) is 0 Å². The average molecular weight is 281 g/mol. The minimum absolute atomic E-state index is 0.184. The zero-order valence-electron chi connectivity index (χ0n) is 10.9. The van der Waals surface area contributed by atoms with Crippen molar-refractivity contribution in [3.05, 3.63) is 28.7 Å². The van der Waals surface area contributed by atoms with E-state index in [1.165, 1.54) is 17.4 Å². The third kappa shape index (κ3) is 4.04. The van der Waals surface area contributed by atoms with E-state index in [-0.39, 0.29) is 17.1 Å². The summed E-state index contributed by atoms with van der Waals surface area (Å²) in [6.45, 7) is 3.90. The van der Waals surface area contributed by atoms with E-state index in [0.29, 0.717) is 12.4 Å². The summed E-state index contributed by atoms with van der Waals surface area (Å²) in [6.07, 6.45) is 4.17. The van der Waals surface area contributed by atoms with Gasteiger partial charge in [0.05, 0.1) is 11.5 Å². The van der Waals surface area contributed by atoms with E-state index < -0.39 is 0 Å². The number of thiocarbonyl (C=S) groups is 1. The molecule has 2 rings (SSSR count). The fraction of sp³-hybridized carbons (Fsp3) is 0.538. The van der Waals surface area contributed by atoms with E-state index >= 15 is 0 Å². The van der Waals surface area contributed by atoms with Crippen molar-refractivity contribution in [2.75, 3.05) is 26.2 Å². The highest BCUT2D eigenvalue weighted by atomic mass is 32.1. The summed E-state index contributed by atoms with van der Waals surface area (Å²) in [6, 6.07) is 3.45. The first-order chi connectivity index (χ1) is 9.16. The summed E-state index contributed by atoms with van der Waals surface area (Å²) in [4.78, 5) is 14.7. The Morgan fingerprint density at radius 2 is 2.16 bits per heavy atom. The number of hydrogen-bond donors (Lipinski definition) is 1. The fourth-order valence-electron chi connectivity index (χ4n) is 2.21. The van der Waals surface area contributed by atoms with Crippen LogP contribution in [-0.4, -0.2) is 40.7 Å². The zero-order chi connectivity index (χ0) is 13.7. The summed E-state index contributed by atoms with van der Waals surface area (Å²) < 4.78 is 7.03. The van der Waals surface area contributed by atoms with E-state index in [1.807, 2.05) is 0 Å². The van der Waals surface area contributed by atoms with Crippen LogP contribution in [-0.2, 0) is 6.54 Å². The molecule has 1 fully saturated rings. The Kier molecular flexibility index (Phi) is 4.93. The summed E-state index contributed by atoms with van der Waals surface area (Å²) >= 11 is 4.81. The third-order valence-electron chi connectivity index (χ3n) is 3.18. The number of hydrogen-bond acceptors (Lipinski definition) is 4. The highest BCUT2D eigenvalue weighted by molar-refractivity contribution is 7.80. The quantitative estimate of drug-likeness (QED) is 0.774. The van der Waals surface area contributed by atoms with E-state index in [9.17, 15) is 4.79 Å². The third-order valence-corrected chi connectivity index (χ3v) is 3.30. The molecular formula is C13H19N3O2S. The number of ether oxygens (including phenoxy) is 1. The van der Waals surface area contributed by atoms with Crippen LogP contribution in [0.1, 0.15) is 12.8 Å². The Morgan fingerprint density at radius 1 is 1.42 bits per heavy atom. The maximum atomic E-state index is 12.0. The molecule has 1 saturated heterocycles. The molecule has 2 heterocycles. The summed E-state index contributed by atoms with van der Waals surface area (Å²) in [5.74, 6) is 0.359. The summed E-state index contributed by atoms with van der Waals surface area (Å²) in [7, 11) is 0. The van der Waals surface area contributed by atoms with Gasteiger partial charge in [-0.25, -0.2) is 0 Å². The van der Waals surface area contributed by atoms with Crippen LogP contribution in [0.4, 0.5) is 0 Å². The zero-order valence-corrected chi connectivity index (χ0v) is 11.7. The van der Waals surface area contributed by atoms with Gasteiger partial charge in [0.25, 0.3) is 5.56 Å². The van der Waals surface area contributed by atoms with Crippen LogP contribution in [0.3, 0.4) is 0 Å². The van der Waals surface area contributed by atoms with Crippen LogP contribution < -0.4 is 16.0 Å². The van der Waals surface area contributed by atoms with E-state index in [0.717, 1.165) is 19.6 Å². The molecule has 6 heteroatoms. The van der Waals surface area contributed by atoms with Crippen molar-refractivity contribution < 1.29 is 4.74 Å². The van der Waals surface area contributed by atoms with Crippen LogP contribution in [0.5, 0.6) is 5.75 Å². The highest BCUT2D eigenvalue weighted by Crippen LogP contribution is 2.07. The Bertz CT molecular complexity index is 495. The lowest BCUT2D eigenvalue weighted by Crippen LogP contribution is -2.29. The van der Waals surface area contributed by atoms with Crippen molar-refractivity contribution in [1.82, 2.24) is 9.47 Å². The van der Waals surface area contributed by atoms with Crippen molar-refractivity contribution in [2.24, 2.45) is 5.73 Å². The molecule has 1 aromatic heterocycles. The Balaban J connectivity index is 1.92. The van der Waals surface area contributed by atoms with Gasteiger partial charge in [-0.3, -0.25) is 9.69 Å². The average Bonchev–Trinajstić information content (AvgIpc) is 2.86. The standard InChI is InChI=1S/C13H19N3O2S/c14-12(19)10-16-7-3-4-11(13(16)17)18-9-8-15-5-1-2-6-15/h3-4,7H,1-2,5-6,8-10H2,(H2,14,19). The van der Waals surface area contributed by atoms with Gasteiger partial charge in [-0.2, -0.15) is 0 Å². The lowest BCUT2D eigenvalue weighted by Gasteiger charge is -2.15. The SMILES string of the molecule is NC(=S)Cn1cccc(OCCN2CCCC2)c1=O. The number of pyridine rings is 1. The molecule has 104 valence electrons. The van der Waals surface area contributed by atoms with E-state index in [1.54, 1.807) is 18.3 Å². The maximum absolute atomic E-state index is 12.0. The van der Waals surface area contributed by atoms with Gasteiger partial charge >= 0.3 is 0 Å². The lowest BCUT2D eigenvalue weighted by atomic mass is 10.4. The Hall–Kier alpha value is -1.40. The molecule has 0 unspecified atom stereocenters. The Morgan fingerprint density at radius 3 is 2.84 bits per heavy atom. The lowest BCUT2D eigenvalue weighted by molar-refractivity contribution is 0.235. The van der Waals surface area contributed by atoms with E-state index in [2.05, 4.69) is 4.90 Å². The molecule has 0 radical (unpaired) electrons. The van der Waals surface area contributed by atoms with Gasteiger partial charge in [0.1, 0.15) is 6.61 Å². The minimum atomic E-state index is -0.184. The molecule has 1 aliphatic rings. The van der Waals surface area contributed by atoms with E-state index in [4.69, 9.17) is 22.7 Å². The number of aromatic nitrogens is 1. The van der Waals surface area contributed by atoms with Gasteiger partial charge in [-0.1, -0.05) is 12.2 Å². The van der Waals surface area contributed by atoms with Gasteiger partial charge in [-0.15, -0.1) is 0 Å². The molecule has 0 amide bonds. The summed E-state index contributed by atoms with van der Waals surface area (Å²) in [5.41, 5.74) is 5.27. The second kappa shape index (κ2) is 6.68. The van der Waals surface area contributed by atoms with Gasteiger partial charge in [0.2, 0.25) is 0 Å². The first-order valence-electron chi connectivity index (χ1n) is 6.50. The largest absolute Gasteiger partial charge is 0.487 e.